The molecular weight excluding hydrogens is 152 g/mol. The highest BCUT2D eigenvalue weighted by atomic mass is 16.1. The number of unbranched alkanes of at least 4 members (excludes halogenated alkanes) is 2. The molecule has 0 aromatic heterocycles. The molecule has 0 aliphatic heterocycles. The number of nitrogens with two attached hydrogens (primary N) is 1. The average Bonchev–Trinajstić information content (AvgIpc) is 2.09. The lowest BCUT2D eigenvalue weighted by Gasteiger charge is -1.98. The number of amides is 1. The van der Waals surface area contributed by atoms with Crippen molar-refractivity contribution in [2.45, 2.75) is 32.6 Å². The molecular formula is C9H18N2O. The molecule has 0 aliphatic carbocycles. The van der Waals surface area contributed by atoms with Gasteiger partial charge in [0.1, 0.15) is 0 Å². The molecule has 0 bridgehead atoms. The Bertz CT molecular complexity index is 143. The van der Waals surface area contributed by atoms with Gasteiger partial charge in [-0.25, -0.2) is 0 Å². The zero-order valence-corrected chi connectivity index (χ0v) is 7.68. The number of allylic oxidation sites excluding steroid dienone is 1. The van der Waals surface area contributed by atoms with E-state index in [0.29, 0.717) is 6.42 Å². The summed E-state index contributed by atoms with van der Waals surface area (Å²) in [6.07, 6.45) is 7.05. The summed E-state index contributed by atoms with van der Waals surface area (Å²) in [4.78, 5) is 11.0. The Morgan fingerprint density at radius 2 is 2.17 bits per heavy atom. The number of nitrogens with one attached hydrogen (secondary N) is 1. The van der Waals surface area contributed by atoms with E-state index in [1.54, 1.807) is 12.3 Å². The number of hydrogen-bond donors (Lipinski definition) is 2. The Morgan fingerprint density at radius 1 is 1.42 bits per heavy atom. The molecule has 0 heterocycles. The predicted octanol–water partition coefficient (Wildman–Crippen LogP) is 1.16. The molecule has 0 aliphatic rings. The lowest BCUT2D eigenvalue weighted by atomic mass is 10.2. The van der Waals surface area contributed by atoms with Gasteiger partial charge in [-0.1, -0.05) is 12.5 Å². The van der Waals surface area contributed by atoms with Crippen LogP contribution in [0, 0.1) is 0 Å². The zero-order valence-electron chi connectivity index (χ0n) is 7.68. The van der Waals surface area contributed by atoms with E-state index in [0.717, 1.165) is 25.8 Å². The van der Waals surface area contributed by atoms with Gasteiger partial charge in [0.2, 0.25) is 5.91 Å². The molecule has 0 aromatic carbocycles. The molecule has 3 N–H and O–H groups in total. The third-order valence-electron chi connectivity index (χ3n) is 1.52. The number of hydrogen-bond acceptors (Lipinski definition) is 2. The molecule has 0 atom stereocenters. The molecule has 0 radical (unpaired) electrons. The van der Waals surface area contributed by atoms with Gasteiger partial charge in [0, 0.05) is 6.42 Å². The fraction of sp³-hybridized carbons (Fsp3) is 0.667. The lowest BCUT2D eigenvalue weighted by Crippen LogP contribution is -2.16. The third kappa shape index (κ3) is 7.28. The fourth-order valence-corrected chi connectivity index (χ4v) is 0.855. The van der Waals surface area contributed by atoms with Gasteiger partial charge in [0.15, 0.2) is 0 Å². The molecule has 0 saturated carbocycles. The minimum atomic E-state index is 0.0881. The van der Waals surface area contributed by atoms with E-state index in [2.05, 4.69) is 5.32 Å². The van der Waals surface area contributed by atoms with Gasteiger partial charge < -0.3 is 11.1 Å². The molecule has 0 saturated heterocycles. The van der Waals surface area contributed by atoms with Crippen molar-refractivity contribution in [3.8, 4) is 0 Å². The van der Waals surface area contributed by atoms with Crippen LogP contribution in [0.1, 0.15) is 32.6 Å². The first kappa shape index (κ1) is 11.2. The van der Waals surface area contributed by atoms with Gasteiger partial charge in [-0.15, -0.1) is 0 Å². The number of carbonyl (C=O) groups excluding carboxylic acids is 1. The minimum Gasteiger partial charge on any atom is -0.333 e. The van der Waals surface area contributed by atoms with Crippen molar-refractivity contribution in [2.24, 2.45) is 5.73 Å². The summed E-state index contributed by atoms with van der Waals surface area (Å²) < 4.78 is 0. The van der Waals surface area contributed by atoms with Crippen molar-refractivity contribution >= 4 is 5.91 Å². The third-order valence-corrected chi connectivity index (χ3v) is 1.52. The highest BCUT2D eigenvalue weighted by Crippen LogP contribution is 1.97. The monoisotopic (exact) mass is 170 g/mol. The Hall–Kier alpha value is -0.830. The second-order valence-corrected chi connectivity index (χ2v) is 2.67. The van der Waals surface area contributed by atoms with Gasteiger partial charge in [0.25, 0.3) is 0 Å². The second-order valence-electron chi connectivity index (χ2n) is 2.67. The van der Waals surface area contributed by atoms with Crippen LogP contribution in [-0.2, 0) is 4.79 Å². The first-order valence-electron chi connectivity index (χ1n) is 4.42. The van der Waals surface area contributed by atoms with Crippen LogP contribution in [0.5, 0.6) is 0 Å². The Balaban J connectivity index is 3.20. The van der Waals surface area contributed by atoms with Crippen molar-refractivity contribution in [1.82, 2.24) is 5.32 Å². The van der Waals surface area contributed by atoms with E-state index in [9.17, 15) is 4.79 Å². The van der Waals surface area contributed by atoms with E-state index in [4.69, 9.17) is 5.73 Å². The Labute approximate surface area is 74.0 Å². The van der Waals surface area contributed by atoms with E-state index in [1.807, 2.05) is 6.92 Å². The highest BCUT2D eigenvalue weighted by Gasteiger charge is 1.96. The molecule has 3 nitrogen and oxygen atoms in total. The van der Waals surface area contributed by atoms with Gasteiger partial charge in [-0.05, 0) is 32.5 Å². The topological polar surface area (TPSA) is 55.1 Å². The molecule has 1 amide bonds. The maximum Gasteiger partial charge on any atom is 0.223 e. The summed E-state index contributed by atoms with van der Waals surface area (Å²) in [5.41, 5.74) is 5.31. The molecule has 70 valence electrons. The van der Waals surface area contributed by atoms with Crippen molar-refractivity contribution in [2.75, 3.05) is 6.54 Å². The number of carbonyl (C=O) groups is 1. The van der Waals surface area contributed by atoms with E-state index >= 15 is 0 Å². The van der Waals surface area contributed by atoms with Crippen LogP contribution in [-0.4, -0.2) is 12.5 Å². The summed E-state index contributed by atoms with van der Waals surface area (Å²) in [5, 5.41) is 2.66. The van der Waals surface area contributed by atoms with Crippen molar-refractivity contribution in [3.63, 3.8) is 0 Å². The number of rotatable bonds is 6. The molecule has 0 fully saturated rings. The molecule has 3 heteroatoms. The first-order chi connectivity index (χ1) is 5.81. The first-order valence-corrected chi connectivity index (χ1v) is 4.42. The lowest BCUT2D eigenvalue weighted by molar-refractivity contribution is -0.120. The van der Waals surface area contributed by atoms with Crippen LogP contribution in [0.15, 0.2) is 12.3 Å². The van der Waals surface area contributed by atoms with Crippen molar-refractivity contribution < 1.29 is 4.79 Å². The largest absolute Gasteiger partial charge is 0.333 e. The maximum absolute atomic E-state index is 11.0. The van der Waals surface area contributed by atoms with Gasteiger partial charge >= 0.3 is 0 Å². The van der Waals surface area contributed by atoms with E-state index in [-0.39, 0.29) is 5.91 Å². The summed E-state index contributed by atoms with van der Waals surface area (Å²) >= 11 is 0. The maximum atomic E-state index is 11.0. The van der Waals surface area contributed by atoms with Crippen LogP contribution >= 0.6 is 0 Å². The molecule has 0 aromatic rings. The Kier molecular flexibility index (Phi) is 7.70. The standard InChI is InChI=1S/C9H18N2O/c1-2-8-11-9(12)6-4-3-5-7-10/h2,8H,3-7,10H2,1H3,(H,11,12)/b8-2+. The van der Waals surface area contributed by atoms with Crippen LogP contribution in [0.4, 0.5) is 0 Å². The Morgan fingerprint density at radius 3 is 2.75 bits per heavy atom. The quantitative estimate of drug-likeness (QED) is 0.588. The molecule has 0 spiro atoms. The van der Waals surface area contributed by atoms with Gasteiger partial charge in [-0.3, -0.25) is 4.79 Å². The predicted molar refractivity (Wildman–Crippen MR) is 50.5 cm³/mol. The SMILES string of the molecule is C/C=C/NC(=O)CCCCCN. The van der Waals surface area contributed by atoms with E-state index < -0.39 is 0 Å². The van der Waals surface area contributed by atoms with Gasteiger partial charge in [0.05, 0.1) is 0 Å². The second kappa shape index (κ2) is 8.27. The van der Waals surface area contributed by atoms with Gasteiger partial charge in [-0.2, -0.15) is 0 Å². The molecule has 12 heavy (non-hydrogen) atoms. The minimum absolute atomic E-state index is 0.0881. The molecule has 0 unspecified atom stereocenters. The van der Waals surface area contributed by atoms with Crippen molar-refractivity contribution in [1.29, 1.82) is 0 Å². The average molecular weight is 170 g/mol. The summed E-state index contributed by atoms with van der Waals surface area (Å²) in [6, 6.07) is 0. The van der Waals surface area contributed by atoms with E-state index in [1.165, 1.54) is 0 Å². The zero-order chi connectivity index (χ0) is 9.23. The van der Waals surface area contributed by atoms with Crippen LogP contribution in [0.2, 0.25) is 0 Å². The summed E-state index contributed by atoms with van der Waals surface area (Å²) in [7, 11) is 0. The van der Waals surface area contributed by atoms with Crippen LogP contribution in [0.25, 0.3) is 0 Å². The summed E-state index contributed by atoms with van der Waals surface area (Å²) in [5.74, 6) is 0.0881. The smallest absolute Gasteiger partial charge is 0.223 e. The summed E-state index contributed by atoms with van der Waals surface area (Å²) in [6.45, 7) is 2.59. The molecule has 0 rings (SSSR count). The normalized spacial score (nSPS) is 10.5. The highest BCUT2D eigenvalue weighted by molar-refractivity contribution is 5.76. The van der Waals surface area contributed by atoms with Crippen LogP contribution < -0.4 is 11.1 Å². The van der Waals surface area contributed by atoms with Crippen LogP contribution in [0.3, 0.4) is 0 Å². The van der Waals surface area contributed by atoms with Crippen molar-refractivity contribution in [3.05, 3.63) is 12.3 Å². The fourth-order valence-electron chi connectivity index (χ4n) is 0.855.